The van der Waals surface area contributed by atoms with E-state index >= 15 is 0 Å². The molecule has 20 heavy (non-hydrogen) atoms. The number of aliphatic hydroxyl groups is 1. The predicted octanol–water partition coefficient (Wildman–Crippen LogP) is 2.48. The van der Waals surface area contributed by atoms with E-state index in [1.807, 2.05) is 24.3 Å². The number of para-hydroxylation sites is 1. The average Bonchev–Trinajstić information content (AvgIpc) is 2.85. The van der Waals surface area contributed by atoms with Gasteiger partial charge in [-0.25, -0.2) is 4.79 Å². The lowest BCUT2D eigenvalue weighted by molar-refractivity contribution is 0.0599. The van der Waals surface area contributed by atoms with Crippen molar-refractivity contribution in [1.29, 1.82) is 0 Å². The summed E-state index contributed by atoms with van der Waals surface area (Å²) < 4.78 is 10.2. The molecule has 2 N–H and O–H groups in total. The van der Waals surface area contributed by atoms with Gasteiger partial charge in [-0.2, -0.15) is 0 Å². The first-order valence-corrected chi connectivity index (χ1v) is 6.26. The lowest BCUT2D eigenvalue weighted by Gasteiger charge is -2.08. The second-order valence-electron chi connectivity index (χ2n) is 4.34. The summed E-state index contributed by atoms with van der Waals surface area (Å²) in [7, 11) is 1.34. The second kappa shape index (κ2) is 6.25. The van der Waals surface area contributed by atoms with E-state index in [9.17, 15) is 9.90 Å². The van der Waals surface area contributed by atoms with Gasteiger partial charge in [-0.3, -0.25) is 0 Å². The van der Waals surface area contributed by atoms with Gasteiger partial charge in [-0.15, -0.1) is 0 Å². The zero-order chi connectivity index (χ0) is 14.5. The molecule has 0 bridgehead atoms. The van der Waals surface area contributed by atoms with Crippen LogP contribution >= 0.6 is 0 Å². The van der Waals surface area contributed by atoms with E-state index in [1.165, 1.54) is 7.11 Å². The van der Waals surface area contributed by atoms with Crippen molar-refractivity contribution in [3.8, 4) is 0 Å². The maximum atomic E-state index is 11.5. The molecule has 0 saturated heterocycles. The Morgan fingerprint density at radius 3 is 2.85 bits per heavy atom. The molecule has 0 aliphatic carbocycles. The molecule has 1 heterocycles. The lowest BCUT2D eigenvalue weighted by Crippen LogP contribution is -2.02. The maximum absolute atomic E-state index is 11.5. The second-order valence-corrected chi connectivity index (χ2v) is 4.34. The van der Waals surface area contributed by atoms with E-state index in [4.69, 9.17) is 4.42 Å². The fourth-order valence-corrected chi connectivity index (χ4v) is 1.96. The zero-order valence-corrected chi connectivity index (χ0v) is 11.5. The molecule has 0 saturated carbocycles. The highest BCUT2D eigenvalue weighted by atomic mass is 16.5. The number of ether oxygens (including phenoxy) is 1. The van der Waals surface area contributed by atoms with Crippen molar-refractivity contribution in [2.45, 2.75) is 20.1 Å². The minimum Gasteiger partial charge on any atom is -0.465 e. The first kappa shape index (κ1) is 14.1. The fraction of sp³-hybridized carbons (Fsp3) is 0.267. The summed E-state index contributed by atoms with van der Waals surface area (Å²) in [5, 5.41) is 12.4. The van der Waals surface area contributed by atoms with Crippen LogP contribution in [0.2, 0.25) is 0 Å². The summed E-state index contributed by atoms with van der Waals surface area (Å²) in [5.41, 5.74) is 2.08. The molecule has 1 aromatic carbocycles. The molecule has 0 radical (unpaired) electrons. The van der Waals surface area contributed by atoms with Gasteiger partial charge in [0.1, 0.15) is 17.1 Å². The molecule has 0 aliphatic heterocycles. The first-order chi connectivity index (χ1) is 9.65. The number of benzene rings is 1. The van der Waals surface area contributed by atoms with Crippen molar-refractivity contribution in [1.82, 2.24) is 0 Å². The van der Waals surface area contributed by atoms with E-state index in [-0.39, 0.29) is 6.61 Å². The lowest BCUT2D eigenvalue weighted by atomic mass is 10.2. The van der Waals surface area contributed by atoms with Gasteiger partial charge in [0.2, 0.25) is 0 Å². The third-order valence-electron chi connectivity index (χ3n) is 3.01. The van der Waals surface area contributed by atoms with Gasteiger partial charge < -0.3 is 19.6 Å². The highest BCUT2D eigenvalue weighted by molar-refractivity contribution is 5.90. The Kier molecular flexibility index (Phi) is 4.42. The van der Waals surface area contributed by atoms with Crippen LogP contribution in [0.3, 0.4) is 0 Å². The summed E-state index contributed by atoms with van der Waals surface area (Å²) in [5.74, 6) is 0.757. The van der Waals surface area contributed by atoms with Crippen LogP contribution in [0.25, 0.3) is 0 Å². The molecule has 0 atom stereocenters. The summed E-state index contributed by atoms with van der Waals surface area (Å²) in [6, 6.07) is 9.13. The third kappa shape index (κ3) is 3.00. The van der Waals surface area contributed by atoms with E-state index < -0.39 is 5.97 Å². The Morgan fingerprint density at radius 2 is 2.15 bits per heavy atom. The summed E-state index contributed by atoms with van der Waals surface area (Å²) in [6.07, 6.45) is 0. The van der Waals surface area contributed by atoms with Gasteiger partial charge in [0, 0.05) is 11.3 Å². The number of methoxy groups -OCH3 is 1. The molecule has 0 amide bonds. The molecule has 2 aromatic rings. The van der Waals surface area contributed by atoms with Crippen molar-refractivity contribution in [2.75, 3.05) is 12.4 Å². The predicted molar refractivity (Wildman–Crippen MR) is 74.5 cm³/mol. The number of anilines is 1. The van der Waals surface area contributed by atoms with Crippen molar-refractivity contribution < 1.29 is 19.1 Å². The standard InChI is InChI=1S/C15H17NO4/c1-10-13(15(18)19-2)7-12(20-10)8-16-14-6-4-3-5-11(14)9-17/h3-7,16-17H,8-9H2,1-2H3. The van der Waals surface area contributed by atoms with Crippen LogP contribution in [0.4, 0.5) is 5.69 Å². The van der Waals surface area contributed by atoms with Gasteiger partial charge in [0.25, 0.3) is 0 Å². The monoisotopic (exact) mass is 275 g/mol. The van der Waals surface area contributed by atoms with E-state index in [1.54, 1.807) is 13.0 Å². The number of aryl methyl sites for hydroxylation is 1. The molecular weight excluding hydrogens is 258 g/mol. The Bertz CT molecular complexity index is 604. The van der Waals surface area contributed by atoms with Gasteiger partial charge in [0.15, 0.2) is 0 Å². The van der Waals surface area contributed by atoms with Crippen LogP contribution in [0.5, 0.6) is 0 Å². The number of hydrogen-bond acceptors (Lipinski definition) is 5. The number of hydrogen-bond donors (Lipinski definition) is 2. The highest BCUT2D eigenvalue weighted by Gasteiger charge is 2.15. The Morgan fingerprint density at radius 1 is 1.40 bits per heavy atom. The van der Waals surface area contributed by atoms with Gasteiger partial charge in [-0.1, -0.05) is 18.2 Å². The number of carbonyl (C=O) groups is 1. The molecule has 0 aliphatic rings. The molecule has 2 rings (SSSR count). The van der Waals surface area contributed by atoms with Crippen molar-refractivity contribution in [3.05, 3.63) is 53.0 Å². The topological polar surface area (TPSA) is 71.7 Å². The van der Waals surface area contributed by atoms with Gasteiger partial charge in [0.05, 0.1) is 20.3 Å². The quantitative estimate of drug-likeness (QED) is 0.820. The first-order valence-electron chi connectivity index (χ1n) is 6.26. The molecule has 0 spiro atoms. The average molecular weight is 275 g/mol. The molecule has 0 unspecified atom stereocenters. The minimum absolute atomic E-state index is 0.0340. The number of carbonyl (C=O) groups excluding carboxylic acids is 1. The van der Waals surface area contributed by atoms with Crippen LogP contribution in [0, 0.1) is 6.92 Å². The summed E-state index contributed by atoms with van der Waals surface area (Å²) in [4.78, 5) is 11.5. The SMILES string of the molecule is COC(=O)c1cc(CNc2ccccc2CO)oc1C. The van der Waals surface area contributed by atoms with Crippen LogP contribution < -0.4 is 5.32 Å². The number of furan rings is 1. The van der Waals surface area contributed by atoms with Crippen molar-refractivity contribution >= 4 is 11.7 Å². The maximum Gasteiger partial charge on any atom is 0.341 e. The number of aliphatic hydroxyl groups excluding tert-OH is 1. The largest absolute Gasteiger partial charge is 0.465 e. The minimum atomic E-state index is -0.409. The molecule has 106 valence electrons. The Labute approximate surface area is 117 Å². The van der Waals surface area contributed by atoms with Crippen molar-refractivity contribution in [3.63, 3.8) is 0 Å². The molecule has 5 heteroatoms. The van der Waals surface area contributed by atoms with E-state index in [2.05, 4.69) is 10.1 Å². The number of esters is 1. The van der Waals surface area contributed by atoms with Crippen LogP contribution in [-0.2, 0) is 17.9 Å². The smallest absolute Gasteiger partial charge is 0.341 e. The number of rotatable bonds is 5. The Balaban J connectivity index is 2.10. The Hall–Kier alpha value is -2.27. The molecule has 5 nitrogen and oxygen atoms in total. The summed E-state index contributed by atoms with van der Waals surface area (Å²) >= 11 is 0. The molecule has 0 fully saturated rings. The van der Waals surface area contributed by atoms with E-state index in [0.29, 0.717) is 23.6 Å². The van der Waals surface area contributed by atoms with Crippen LogP contribution in [0.1, 0.15) is 27.4 Å². The van der Waals surface area contributed by atoms with Crippen molar-refractivity contribution in [2.24, 2.45) is 0 Å². The normalized spacial score (nSPS) is 10.3. The highest BCUT2D eigenvalue weighted by Crippen LogP contribution is 2.19. The number of nitrogens with one attached hydrogen (secondary N) is 1. The van der Waals surface area contributed by atoms with Gasteiger partial charge in [-0.05, 0) is 19.1 Å². The zero-order valence-electron chi connectivity index (χ0n) is 11.5. The molecule has 1 aromatic heterocycles. The van der Waals surface area contributed by atoms with Crippen LogP contribution in [-0.4, -0.2) is 18.2 Å². The third-order valence-corrected chi connectivity index (χ3v) is 3.01. The molecular formula is C15H17NO4. The fourth-order valence-electron chi connectivity index (χ4n) is 1.96. The van der Waals surface area contributed by atoms with Crippen LogP contribution in [0.15, 0.2) is 34.7 Å². The van der Waals surface area contributed by atoms with Gasteiger partial charge >= 0.3 is 5.97 Å². The summed E-state index contributed by atoms with van der Waals surface area (Å²) in [6.45, 7) is 2.11. The van der Waals surface area contributed by atoms with E-state index in [0.717, 1.165) is 11.3 Å².